The molecule has 2 aromatic carbocycles. The topological polar surface area (TPSA) is 65.5 Å². The van der Waals surface area contributed by atoms with E-state index in [0.29, 0.717) is 0 Å². The Morgan fingerprint density at radius 2 is 1.04 bits per heavy atom. The number of aliphatic imine (C=N–C) groups is 2. The van der Waals surface area contributed by atoms with E-state index >= 15 is 0 Å². The van der Waals surface area contributed by atoms with Crippen molar-refractivity contribution in [3.8, 4) is 11.5 Å². The number of fused-ring (bicyclic) bond motifs is 2. The number of aryl methyl sites for hydroxylation is 2. The zero-order valence-electron chi connectivity index (χ0n) is 31.4. The van der Waals surface area contributed by atoms with Crippen LogP contribution in [-0.4, -0.2) is 22.4 Å². The van der Waals surface area contributed by atoms with Gasteiger partial charge >= 0.3 is 0 Å². The van der Waals surface area contributed by atoms with Gasteiger partial charge in [-0.25, -0.2) is 0 Å². The summed E-state index contributed by atoms with van der Waals surface area (Å²) in [5, 5.41) is 0. The molecule has 2 aromatic heterocycles. The first-order chi connectivity index (χ1) is 24.1. The van der Waals surface area contributed by atoms with E-state index in [9.17, 15) is 0 Å². The summed E-state index contributed by atoms with van der Waals surface area (Å²) in [4.78, 5) is 17.5. The maximum Gasteiger partial charge on any atom is 0.139 e. The highest BCUT2D eigenvalue weighted by molar-refractivity contribution is 5.97. The number of allylic oxidation sites excluding steroid dienone is 4. The Labute approximate surface area is 297 Å². The molecule has 7 rings (SSSR count). The number of para-hydroxylation sites is 2. The van der Waals surface area contributed by atoms with Crippen molar-refractivity contribution in [2.24, 2.45) is 9.98 Å². The van der Waals surface area contributed by atoms with Crippen LogP contribution in [0.3, 0.4) is 0 Å². The molecule has 50 heavy (non-hydrogen) atoms. The van der Waals surface area contributed by atoms with Crippen molar-refractivity contribution in [2.75, 3.05) is 0 Å². The molecule has 4 aromatic rings. The van der Waals surface area contributed by atoms with Gasteiger partial charge in [-0.3, -0.25) is 9.98 Å². The molecule has 0 amide bonds. The normalized spacial score (nSPS) is 18.2. The standard InChI is InChI=1S/C45H50N4O/c1-11-29-21-46-39(25(29)5)37(40-26(6)30(12-2)22-47-40)33-17-15-19-35-43(33)50-44-34(18-16-20-36(44)45(35,9)10)38(41-27(7)31(13-3)23-48-41)42-28(8)32(14-4)24-49-42/h15-24,46,48H,11-14H2,1-10H3/b40-37-,42-38+. The number of hydrogen-bond acceptors (Lipinski definition) is 3. The summed E-state index contributed by atoms with van der Waals surface area (Å²) < 4.78 is 7.39. The molecular formula is C45H50N4O. The van der Waals surface area contributed by atoms with Gasteiger partial charge in [-0.1, -0.05) is 77.9 Å². The van der Waals surface area contributed by atoms with E-state index in [-0.39, 0.29) is 5.41 Å². The second-order valence-electron chi connectivity index (χ2n) is 14.4. The number of H-pyrrole nitrogens is 2. The number of nitrogens with one attached hydrogen (secondary N) is 2. The number of ether oxygens (including phenoxy) is 1. The van der Waals surface area contributed by atoms with Gasteiger partial charge in [-0.15, -0.1) is 0 Å². The first-order valence-corrected chi connectivity index (χ1v) is 18.3. The smallest absolute Gasteiger partial charge is 0.139 e. The Morgan fingerprint density at radius 3 is 1.38 bits per heavy atom. The Balaban J connectivity index is 1.52. The van der Waals surface area contributed by atoms with Crippen molar-refractivity contribution >= 4 is 23.6 Å². The van der Waals surface area contributed by atoms with Crippen molar-refractivity contribution in [2.45, 2.75) is 100 Å². The van der Waals surface area contributed by atoms with Crippen molar-refractivity contribution in [3.63, 3.8) is 0 Å². The van der Waals surface area contributed by atoms with Gasteiger partial charge < -0.3 is 14.7 Å². The molecule has 0 spiro atoms. The average Bonchev–Trinajstić information content (AvgIpc) is 3.88. The van der Waals surface area contributed by atoms with Crippen LogP contribution in [0.25, 0.3) is 11.1 Å². The van der Waals surface area contributed by atoms with Crippen LogP contribution in [0, 0.1) is 13.8 Å². The van der Waals surface area contributed by atoms with E-state index in [0.717, 1.165) is 82.2 Å². The number of rotatable bonds is 8. The third kappa shape index (κ3) is 5.04. The highest BCUT2D eigenvalue weighted by Crippen LogP contribution is 2.55. The van der Waals surface area contributed by atoms with Gasteiger partial charge in [-0.05, 0) is 97.9 Å². The van der Waals surface area contributed by atoms with E-state index in [4.69, 9.17) is 14.7 Å². The van der Waals surface area contributed by atoms with Gasteiger partial charge in [0.15, 0.2) is 0 Å². The number of benzene rings is 2. The average molecular weight is 663 g/mol. The van der Waals surface area contributed by atoms with Crippen LogP contribution in [0.2, 0.25) is 0 Å². The molecule has 0 aliphatic carbocycles. The SMILES string of the molecule is CCC1=C(C)/C(=C(\c2cccc3c2Oc2c(/C(=C4\N=CC(CC)=C4C)c4[nH]cc(CC)c4C)cccc2C3(C)C)c2[nH]cc(CC)c2C)N=C1. The molecule has 0 unspecified atom stereocenters. The third-order valence-electron chi connectivity index (χ3n) is 11.5. The van der Waals surface area contributed by atoms with Gasteiger partial charge in [0.05, 0.1) is 22.8 Å². The Bertz CT molecular complexity index is 2080. The number of nitrogens with zero attached hydrogens (tertiary/aromatic N) is 2. The van der Waals surface area contributed by atoms with Crippen LogP contribution in [-0.2, 0) is 18.3 Å². The summed E-state index contributed by atoms with van der Waals surface area (Å²) in [6.07, 6.45) is 12.2. The number of aromatic nitrogens is 2. The third-order valence-corrected chi connectivity index (χ3v) is 11.5. The lowest BCUT2D eigenvalue weighted by molar-refractivity contribution is 0.415. The lowest BCUT2D eigenvalue weighted by atomic mass is 9.73. The van der Waals surface area contributed by atoms with Crippen LogP contribution in [0.5, 0.6) is 11.5 Å². The van der Waals surface area contributed by atoms with Gasteiger partial charge in [0.2, 0.25) is 0 Å². The highest BCUT2D eigenvalue weighted by Gasteiger charge is 2.39. The monoisotopic (exact) mass is 662 g/mol. The molecule has 5 heterocycles. The quantitative estimate of drug-likeness (QED) is 0.194. The van der Waals surface area contributed by atoms with Crippen LogP contribution in [0.1, 0.15) is 124 Å². The summed E-state index contributed by atoms with van der Waals surface area (Å²) in [6.45, 7) is 22.3. The van der Waals surface area contributed by atoms with E-state index in [1.54, 1.807) is 0 Å². The zero-order chi connectivity index (χ0) is 35.5. The predicted octanol–water partition coefficient (Wildman–Crippen LogP) is 11.7. The molecule has 3 aliphatic heterocycles. The molecule has 5 heteroatoms. The molecule has 0 saturated carbocycles. The first kappa shape index (κ1) is 33.6. The minimum atomic E-state index is -0.337. The fourth-order valence-corrected chi connectivity index (χ4v) is 8.20. The minimum absolute atomic E-state index is 0.337. The first-order valence-electron chi connectivity index (χ1n) is 18.3. The van der Waals surface area contributed by atoms with E-state index in [1.165, 1.54) is 55.7 Å². The van der Waals surface area contributed by atoms with Crippen molar-refractivity contribution in [3.05, 3.63) is 138 Å². The molecular weight excluding hydrogens is 613 g/mol. The van der Waals surface area contributed by atoms with Crippen LogP contribution in [0.15, 0.2) is 92.5 Å². The molecule has 256 valence electrons. The lowest BCUT2D eigenvalue weighted by Crippen LogP contribution is -2.25. The fraction of sp³-hybridized carbons (Fsp3) is 0.333. The molecule has 0 bridgehead atoms. The molecule has 5 nitrogen and oxygen atoms in total. The Kier molecular flexibility index (Phi) is 8.58. The molecule has 0 saturated heterocycles. The summed E-state index contributed by atoms with van der Waals surface area (Å²) in [7, 11) is 0. The van der Waals surface area contributed by atoms with Gasteiger partial charge in [-0.2, -0.15) is 0 Å². The van der Waals surface area contributed by atoms with Crippen LogP contribution in [0.4, 0.5) is 0 Å². The Hall–Kier alpha value is -4.90. The van der Waals surface area contributed by atoms with Crippen molar-refractivity contribution in [1.82, 2.24) is 9.97 Å². The second kappa shape index (κ2) is 12.8. The number of aromatic amines is 2. The molecule has 0 radical (unpaired) electrons. The summed E-state index contributed by atoms with van der Waals surface area (Å²) in [5.41, 5.74) is 20.6. The molecule has 3 aliphatic rings. The molecule has 0 fully saturated rings. The second-order valence-corrected chi connectivity index (χ2v) is 14.4. The van der Waals surface area contributed by atoms with Gasteiger partial charge in [0, 0.05) is 63.6 Å². The van der Waals surface area contributed by atoms with Gasteiger partial charge in [0.1, 0.15) is 11.5 Å². The summed E-state index contributed by atoms with van der Waals surface area (Å²) in [6, 6.07) is 13.3. The minimum Gasteiger partial charge on any atom is -0.455 e. The Morgan fingerprint density at radius 1 is 0.620 bits per heavy atom. The zero-order valence-corrected chi connectivity index (χ0v) is 31.4. The van der Waals surface area contributed by atoms with Crippen molar-refractivity contribution in [1.29, 1.82) is 0 Å². The van der Waals surface area contributed by atoms with E-state index in [1.807, 2.05) is 12.4 Å². The largest absolute Gasteiger partial charge is 0.455 e. The van der Waals surface area contributed by atoms with Crippen LogP contribution >= 0.6 is 0 Å². The summed E-state index contributed by atoms with van der Waals surface area (Å²) >= 11 is 0. The molecule has 2 N–H and O–H groups in total. The van der Waals surface area contributed by atoms with E-state index < -0.39 is 0 Å². The summed E-state index contributed by atoms with van der Waals surface area (Å²) in [5.74, 6) is 1.77. The van der Waals surface area contributed by atoms with Gasteiger partial charge in [0.25, 0.3) is 0 Å². The highest BCUT2D eigenvalue weighted by atomic mass is 16.5. The lowest BCUT2D eigenvalue weighted by Gasteiger charge is -2.37. The van der Waals surface area contributed by atoms with Crippen LogP contribution < -0.4 is 4.74 Å². The predicted molar refractivity (Wildman–Crippen MR) is 210 cm³/mol. The molecule has 0 atom stereocenters. The fourth-order valence-electron chi connectivity index (χ4n) is 8.20. The number of hydrogen-bond donors (Lipinski definition) is 2. The van der Waals surface area contributed by atoms with E-state index in [2.05, 4.69) is 128 Å². The maximum atomic E-state index is 7.39. The van der Waals surface area contributed by atoms with Crippen molar-refractivity contribution < 1.29 is 4.74 Å². The maximum absolute atomic E-state index is 7.39.